The molecule has 0 aliphatic rings. The molecule has 0 fully saturated rings. The van der Waals surface area contributed by atoms with Crippen molar-refractivity contribution in [2.45, 2.75) is 6.54 Å². The number of aromatic nitrogens is 5. The zero-order valence-electron chi connectivity index (χ0n) is 8.89. The van der Waals surface area contributed by atoms with Crippen LogP contribution >= 0.6 is 0 Å². The van der Waals surface area contributed by atoms with Gasteiger partial charge in [-0.1, -0.05) is 5.21 Å². The summed E-state index contributed by atoms with van der Waals surface area (Å²) in [7, 11) is 0. The molecule has 0 atom stereocenters. The molecule has 3 rings (SSSR count). The SMILES string of the molecule is c1ncc(-c2cn(Cc3ccoc3)nn2)cn1. The van der Waals surface area contributed by atoms with Crippen molar-refractivity contribution < 1.29 is 4.42 Å². The van der Waals surface area contributed by atoms with Gasteiger partial charge in [-0.3, -0.25) is 0 Å². The van der Waals surface area contributed by atoms with Crippen LogP contribution in [-0.4, -0.2) is 25.0 Å². The first-order valence-electron chi connectivity index (χ1n) is 5.08. The summed E-state index contributed by atoms with van der Waals surface area (Å²) < 4.78 is 6.74. The van der Waals surface area contributed by atoms with E-state index in [0.29, 0.717) is 6.54 Å². The minimum atomic E-state index is 0.636. The fourth-order valence-corrected chi connectivity index (χ4v) is 1.51. The van der Waals surface area contributed by atoms with E-state index in [1.165, 1.54) is 6.33 Å². The lowest BCUT2D eigenvalue weighted by molar-refractivity contribution is 0.558. The number of nitrogens with zero attached hydrogens (tertiary/aromatic N) is 5. The highest BCUT2D eigenvalue weighted by Gasteiger charge is 2.04. The summed E-state index contributed by atoms with van der Waals surface area (Å²) in [5, 5.41) is 8.11. The molecule has 84 valence electrons. The van der Waals surface area contributed by atoms with Crippen LogP contribution in [0.4, 0.5) is 0 Å². The smallest absolute Gasteiger partial charge is 0.116 e. The second-order valence-corrected chi connectivity index (χ2v) is 3.56. The Morgan fingerprint density at radius 2 is 2.12 bits per heavy atom. The molecule has 6 heteroatoms. The third-order valence-corrected chi connectivity index (χ3v) is 2.32. The minimum Gasteiger partial charge on any atom is -0.472 e. The van der Waals surface area contributed by atoms with E-state index in [2.05, 4.69) is 20.3 Å². The topological polar surface area (TPSA) is 69.6 Å². The molecule has 0 bridgehead atoms. The Labute approximate surface area is 96.9 Å². The summed E-state index contributed by atoms with van der Waals surface area (Å²) in [4.78, 5) is 7.89. The minimum absolute atomic E-state index is 0.636. The van der Waals surface area contributed by atoms with Crippen molar-refractivity contribution in [3.8, 4) is 11.3 Å². The maximum Gasteiger partial charge on any atom is 0.116 e. The number of furan rings is 1. The van der Waals surface area contributed by atoms with E-state index in [4.69, 9.17) is 4.42 Å². The van der Waals surface area contributed by atoms with Gasteiger partial charge in [0, 0.05) is 23.5 Å². The van der Waals surface area contributed by atoms with Gasteiger partial charge in [0.15, 0.2) is 0 Å². The highest BCUT2D eigenvalue weighted by Crippen LogP contribution is 2.13. The van der Waals surface area contributed by atoms with Crippen LogP contribution in [0.3, 0.4) is 0 Å². The highest BCUT2D eigenvalue weighted by atomic mass is 16.3. The monoisotopic (exact) mass is 227 g/mol. The molecule has 0 spiro atoms. The second-order valence-electron chi connectivity index (χ2n) is 3.56. The van der Waals surface area contributed by atoms with Gasteiger partial charge in [-0.2, -0.15) is 0 Å². The molecule has 0 saturated carbocycles. The van der Waals surface area contributed by atoms with Crippen LogP contribution in [-0.2, 0) is 6.54 Å². The third-order valence-electron chi connectivity index (χ3n) is 2.32. The summed E-state index contributed by atoms with van der Waals surface area (Å²) in [6, 6.07) is 1.90. The van der Waals surface area contributed by atoms with Crippen LogP contribution in [0.15, 0.2) is 47.9 Å². The Bertz CT molecular complexity index is 587. The molecule has 0 aliphatic heterocycles. The van der Waals surface area contributed by atoms with Gasteiger partial charge < -0.3 is 4.42 Å². The number of hydrogen-bond acceptors (Lipinski definition) is 5. The van der Waals surface area contributed by atoms with Crippen LogP contribution in [0, 0.1) is 0 Å². The van der Waals surface area contributed by atoms with E-state index in [1.54, 1.807) is 29.6 Å². The lowest BCUT2D eigenvalue weighted by atomic mass is 10.3. The molecule has 0 saturated heterocycles. The van der Waals surface area contributed by atoms with Crippen LogP contribution in [0.2, 0.25) is 0 Å². The maximum absolute atomic E-state index is 5.00. The number of hydrogen-bond donors (Lipinski definition) is 0. The van der Waals surface area contributed by atoms with Crippen molar-refractivity contribution in [3.05, 3.63) is 49.1 Å². The van der Waals surface area contributed by atoms with E-state index >= 15 is 0 Å². The van der Waals surface area contributed by atoms with E-state index in [1.807, 2.05) is 12.3 Å². The van der Waals surface area contributed by atoms with Gasteiger partial charge in [0.2, 0.25) is 0 Å². The van der Waals surface area contributed by atoms with Gasteiger partial charge in [-0.25, -0.2) is 14.6 Å². The van der Waals surface area contributed by atoms with E-state index in [-0.39, 0.29) is 0 Å². The van der Waals surface area contributed by atoms with Gasteiger partial charge in [-0.15, -0.1) is 5.10 Å². The first-order chi connectivity index (χ1) is 8.42. The first-order valence-corrected chi connectivity index (χ1v) is 5.08. The Kier molecular flexibility index (Phi) is 2.38. The molecule has 0 radical (unpaired) electrons. The summed E-state index contributed by atoms with van der Waals surface area (Å²) in [5.41, 5.74) is 2.66. The predicted molar refractivity (Wildman–Crippen MR) is 58.9 cm³/mol. The third kappa shape index (κ3) is 2.05. The molecule has 0 aliphatic carbocycles. The van der Waals surface area contributed by atoms with Crippen molar-refractivity contribution in [1.82, 2.24) is 25.0 Å². The summed E-state index contributed by atoms with van der Waals surface area (Å²) >= 11 is 0. The van der Waals surface area contributed by atoms with Gasteiger partial charge in [0.1, 0.15) is 12.0 Å². The largest absolute Gasteiger partial charge is 0.472 e. The standard InChI is InChI=1S/C11H9N5O/c1-2-17-7-9(1)5-16-6-11(14-15-16)10-3-12-8-13-4-10/h1-4,6-8H,5H2. The molecule has 3 aromatic rings. The average molecular weight is 227 g/mol. The van der Waals surface area contributed by atoms with Gasteiger partial charge in [0.25, 0.3) is 0 Å². The summed E-state index contributed by atoms with van der Waals surface area (Å²) in [5.74, 6) is 0. The van der Waals surface area contributed by atoms with E-state index < -0.39 is 0 Å². The fraction of sp³-hybridized carbons (Fsp3) is 0.0909. The van der Waals surface area contributed by atoms with Gasteiger partial charge in [0.05, 0.1) is 25.3 Å². The molecule has 17 heavy (non-hydrogen) atoms. The lowest BCUT2D eigenvalue weighted by Gasteiger charge is -1.94. The molecular weight excluding hydrogens is 218 g/mol. The van der Waals surface area contributed by atoms with Crippen molar-refractivity contribution >= 4 is 0 Å². The summed E-state index contributed by atoms with van der Waals surface area (Å²) in [6.45, 7) is 0.636. The number of rotatable bonds is 3. The van der Waals surface area contributed by atoms with Gasteiger partial charge >= 0.3 is 0 Å². The van der Waals surface area contributed by atoms with E-state index in [0.717, 1.165) is 16.8 Å². The van der Waals surface area contributed by atoms with Crippen LogP contribution < -0.4 is 0 Å². The second kappa shape index (κ2) is 4.17. The Balaban J connectivity index is 1.84. The average Bonchev–Trinajstić information content (AvgIpc) is 3.02. The molecule has 0 unspecified atom stereocenters. The van der Waals surface area contributed by atoms with Crippen LogP contribution in [0.5, 0.6) is 0 Å². The maximum atomic E-state index is 5.00. The van der Waals surface area contributed by atoms with Crippen molar-refractivity contribution in [2.75, 3.05) is 0 Å². The molecule has 3 aromatic heterocycles. The van der Waals surface area contributed by atoms with Crippen LogP contribution in [0.25, 0.3) is 11.3 Å². The predicted octanol–water partition coefficient (Wildman–Crippen LogP) is 1.38. The van der Waals surface area contributed by atoms with E-state index in [9.17, 15) is 0 Å². The normalized spacial score (nSPS) is 10.6. The highest BCUT2D eigenvalue weighted by molar-refractivity contribution is 5.54. The Hall–Kier alpha value is -2.50. The zero-order valence-corrected chi connectivity index (χ0v) is 8.89. The van der Waals surface area contributed by atoms with Crippen molar-refractivity contribution in [3.63, 3.8) is 0 Å². The molecule has 3 heterocycles. The Morgan fingerprint density at radius 3 is 2.88 bits per heavy atom. The summed E-state index contributed by atoms with van der Waals surface area (Å²) in [6.07, 6.45) is 10.1. The molecule has 6 nitrogen and oxygen atoms in total. The van der Waals surface area contributed by atoms with Crippen molar-refractivity contribution in [1.29, 1.82) is 0 Å². The van der Waals surface area contributed by atoms with Crippen LogP contribution in [0.1, 0.15) is 5.56 Å². The molecule has 0 N–H and O–H groups in total. The van der Waals surface area contributed by atoms with Gasteiger partial charge in [-0.05, 0) is 6.07 Å². The lowest BCUT2D eigenvalue weighted by Crippen LogP contribution is -1.98. The zero-order chi connectivity index (χ0) is 11.5. The molecule has 0 aromatic carbocycles. The molecular formula is C11H9N5O. The quantitative estimate of drug-likeness (QED) is 0.676. The molecule has 0 amide bonds. The van der Waals surface area contributed by atoms with Crippen molar-refractivity contribution in [2.24, 2.45) is 0 Å². The first kappa shape index (κ1) is 9.71. The Morgan fingerprint density at radius 1 is 1.24 bits per heavy atom. The fourth-order valence-electron chi connectivity index (χ4n) is 1.51.